The van der Waals surface area contributed by atoms with E-state index in [1.165, 1.54) is 0 Å². The molecule has 0 amide bonds. The van der Waals surface area contributed by atoms with E-state index in [-0.39, 0.29) is 11.8 Å². The summed E-state index contributed by atoms with van der Waals surface area (Å²) in [5, 5.41) is 2.97. The summed E-state index contributed by atoms with van der Waals surface area (Å²) in [7, 11) is 5.66. The van der Waals surface area contributed by atoms with E-state index in [4.69, 9.17) is 0 Å². The molecule has 0 saturated heterocycles. The third kappa shape index (κ3) is 2.94. The Morgan fingerprint density at radius 1 is 1.60 bits per heavy atom. The summed E-state index contributed by atoms with van der Waals surface area (Å²) in [6.45, 7) is 2.34. The van der Waals surface area contributed by atoms with Crippen LogP contribution in [0.5, 0.6) is 0 Å². The first kappa shape index (κ1) is 9.59. The molecule has 10 heavy (non-hydrogen) atoms. The summed E-state index contributed by atoms with van der Waals surface area (Å²) in [6.07, 6.45) is 0. The number of nitrogens with one attached hydrogen (secondary N) is 1. The highest BCUT2D eigenvalue weighted by atomic mass is 16.1. The zero-order valence-corrected chi connectivity index (χ0v) is 7.14. The van der Waals surface area contributed by atoms with Crippen molar-refractivity contribution in [3.05, 3.63) is 0 Å². The van der Waals surface area contributed by atoms with Crippen LogP contribution in [-0.2, 0) is 4.79 Å². The van der Waals surface area contributed by atoms with E-state index in [2.05, 4.69) is 5.32 Å². The summed E-state index contributed by atoms with van der Waals surface area (Å²) in [4.78, 5) is 12.8. The van der Waals surface area contributed by atoms with E-state index >= 15 is 0 Å². The molecule has 0 spiro atoms. The van der Waals surface area contributed by atoms with E-state index < -0.39 is 0 Å². The lowest BCUT2D eigenvalue weighted by Gasteiger charge is -2.20. The monoisotopic (exact) mass is 144 g/mol. The van der Waals surface area contributed by atoms with Gasteiger partial charge >= 0.3 is 0 Å². The van der Waals surface area contributed by atoms with Crippen LogP contribution in [0.1, 0.15) is 6.92 Å². The number of hydrogen-bond acceptors (Lipinski definition) is 3. The van der Waals surface area contributed by atoms with E-state index in [1.54, 1.807) is 6.92 Å². The first-order chi connectivity index (χ1) is 4.59. The molecular formula is C7H16N2O. The molecular weight excluding hydrogens is 128 g/mol. The molecule has 0 saturated carbocycles. The highest BCUT2D eigenvalue weighted by Crippen LogP contribution is 1.91. The second-order valence-corrected chi connectivity index (χ2v) is 2.65. The molecule has 0 fully saturated rings. The zero-order valence-electron chi connectivity index (χ0n) is 7.14. The summed E-state index contributed by atoms with van der Waals surface area (Å²) in [6, 6.07) is 0.0185. The largest absolute Gasteiger partial charge is 0.318 e. The number of ketones is 1. The number of carbonyl (C=O) groups is 1. The lowest BCUT2D eigenvalue weighted by molar-refractivity contribution is -0.121. The maximum absolute atomic E-state index is 10.9. The fourth-order valence-electron chi connectivity index (χ4n) is 0.883. The van der Waals surface area contributed by atoms with Gasteiger partial charge in [0.1, 0.15) is 5.78 Å². The minimum Gasteiger partial charge on any atom is -0.318 e. The maximum atomic E-state index is 10.9. The third-order valence-corrected chi connectivity index (χ3v) is 1.49. The van der Waals surface area contributed by atoms with Crippen molar-refractivity contribution in [3.8, 4) is 0 Å². The molecule has 1 atom stereocenters. The molecule has 3 nitrogen and oxygen atoms in total. The molecule has 0 aromatic heterocycles. The van der Waals surface area contributed by atoms with Gasteiger partial charge in [0.05, 0.1) is 6.04 Å². The molecule has 0 aliphatic heterocycles. The van der Waals surface area contributed by atoms with Crippen molar-refractivity contribution in [3.63, 3.8) is 0 Å². The molecule has 0 aromatic rings. The van der Waals surface area contributed by atoms with Gasteiger partial charge in [0, 0.05) is 6.54 Å². The number of nitrogens with zero attached hydrogens (tertiary/aromatic N) is 1. The molecule has 0 aliphatic carbocycles. The van der Waals surface area contributed by atoms with E-state index in [1.807, 2.05) is 26.0 Å². The molecule has 0 aliphatic rings. The van der Waals surface area contributed by atoms with Gasteiger partial charge in [-0.15, -0.1) is 0 Å². The Morgan fingerprint density at radius 3 is 2.20 bits per heavy atom. The first-order valence-electron chi connectivity index (χ1n) is 3.41. The van der Waals surface area contributed by atoms with Gasteiger partial charge in [0.15, 0.2) is 0 Å². The maximum Gasteiger partial charge on any atom is 0.148 e. The summed E-state index contributed by atoms with van der Waals surface area (Å²) in [5.74, 6) is 0.208. The van der Waals surface area contributed by atoms with Crippen LogP contribution in [0.25, 0.3) is 0 Å². The van der Waals surface area contributed by atoms with Crippen molar-refractivity contribution >= 4 is 5.78 Å². The number of likely N-dealkylation sites (N-methyl/N-ethyl adjacent to an activating group) is 2. The summed E-state index contributed by atoms with van der Waals surface area (Å²) in [5.41, 5.74) is 0. The van der Waals surface area contributed by atoms with Gasteiger partial charge in [-0.05, 0) is 28.1 Å². The van der Waals surface area contributed by atoms with Crippen LogP contribution < -0.4 is 5.32 Å². The van der Waals surface area contributed by atoms with Crippen LogP contribution in [0.3, 0.4) is 0 Å². The lowest BCUT2D eigenvalue weighted by atomic mass is 10.2. The van der Waals surface area contributed by atoms with Crippen LogP contribution in [0.4, 0.5) is 0 Å². The topological polar surface area (TPSA) is 32.3 Å². The Hall–Kier alpha value is -0.410. The van der Waals surface area contributed by atoms with Crippen LogP contribution >= 0.6 is 0 Å². The van der Waals surface area contributed by atoms with Crippen LogP contribution in [0.15, 0.2) is 0 Å². The Labute approximate surface area is 62.4 Å². The molecule has 0 bridgehead atoms. The van der Waals surface area contributed by atoms with Gasteiger partial charge in [0.2, 0.25) is 0 Å². The standard InChI is InChI=1S/C7H16N2O/c1-6(10)7(5-8-2)9(3)4/h7-8H,5H2,1-4H3/t7-/m1/s1. The smallest absolute Gasteiger partial charge is 0.148 e. The van der Waals surface area contributed by atoms with Crippen LogP contribution in [0.2, 0.25) is 0 Å². The molecule has 3 heteroatoms. The van der Waals surface area contributed by atoms with Gasteiger partial charge in [-0.25, -0.2) is 0 Å². The quantitative estimate of drug-likeness (QED) is 0.589. The second kappa shape index (κ2) is 4.41. The second-order valence-electron chi connectivity index (χ2n) is 2.65. The Morgan fingerprint density at radius 2 is 2.10 bits per heavy atom. The first-order valence-corrected chi connectivity index (χ1v) is 3.41. The van der Waals surface area contributed by atoms with Gasteiger partial charge in [-0.3, -0.25) is 9.69 Å². The van der Waals surface area contributed by atoms with Crippen molar-refractivity contribution in [2.45, 2.75) is 13.0 Å². The molecule has 1 N–H and O–H groups in total. The minimum atomic E-state index is 0.0185. The third-order valence-electron chi connectivity index (χ3n) is 1.49. The molecule has 0 heterocycles. The fraction of sp³-hybridized carbons (Fsp3) is 0.857. The SMILES string of the molecule is CNC[C@H](C(C)=O)N(C)C. The van der Waals surface area contributed by atoms with Crippen molar-refractivity contribution in [1.29, 1.82) is 0 Å². The predicted molar refractivity (Wildman–Crippen MR) is 42.1 cm³/mol. The molecule has 60 valence electrons. The van der Waals surface area contributed by atoms with Crippen molar-refractivity contribution < 1.29 is 4.79 Å². The van der Waals surface area contributed by atoms with Gasteiger partial charge in [-0.1, -0.05) is 0 Å². The fourth-order valence-corrected chi connectivity index (χ4v) is 0.883. The Balaban J connectivity index is 3.85. The van der Waals surface area contributed by atoms with E-state index in [9.17, 15) is 4.79 Å². The van der Waals surface area contributed by atoms with E-state index in [0.29, 0.717) is 0 Å². The van der Waals surface area contributed by atoms with Gasteiger partial charge in [-0.2, -0.15) is 0 Å². The predicted octanol–water partition coefficient (Wildman–Crippen LogP) is -0.275. The molecule has 0 radical (unpaired) electrons. The number of hydrogen-bond donors (Lipinski definition) is 1. The van der Waals surface area contributed by atoms with E-state index in [0.717, 1.165) is 6.54 Å². The van der Waals surface area contributed by atoms with Crippen LogP contribution in [0, 0.1) is 0 Å². The van der Waals surface area contributed by atoms with Crippen molar-refractivity contribution in [2.75, 3.05) is 27.7 Å². The normalized spacial score (nSPS) is 13.7. The molecule has 0 aromatic carbocycles. The Kier molecular flexibility index (Phi) is 4.23. The molecule has 0 unspecified atom stereocenters. The highest BCUT2D eigenvalue weighted by Gasteiger charge is 2.14. The van der Waals surface area contributed by atoms with Crippen molar-refractivity contribution in [2.24, 2.45) is 0 Å². The Bertz CT molecular complexity index is 112. The van der Waals surface area contributed by atoms with Gasteiger partial charge < -0.3 is 5.32 Å². The van der Waals surface area contributed by atoms with Gasteiger partial charge in [0.25, 0.3) is 0 Å². The lowest BCUT2D eigenvalue weighted by Crippen LogP contribution is -2.41. The van der Waals surface area contributed by atoms with Crippen molar-refractivity contribution in [1.82, 2.24) is 10.2 Å². The number of rotatable bonds is 4. The average Bonchev–Trinajstić information content (AvgIpc) is 1.81. The number of carbonyl (C=O) groups excluding carboxylic acids is 1. The average molecular weight is 144 g/mol. The zero-order chi connectivity index (χ0) is 8.15. The number of Topliss-reactive ketones (excluding diaryl/α,β-unsaturated/α-hetero) is 1. The summed E-state index contributed by atoms with van der Waals surface area (Å²) < 4.78 is 0. The summed E-state index contributed by atoms with van der Waals surface area (Å²) >= 11 is 0. The minimum absolute atomic E-state index is 0.0185. The molecule has 0 rings (SSSR count). The highest BCUT2D eigenvalue weighted by molar-refractivity contribution is 5.81. The van der Waals surface area contributed by atoms with Crippen LogP contribution in [-0.4, -0.2) is 44.4 Å².